The first kappa shape index (κ1) is 21.4. The minimum atomic E-state index is -0.941. The maximum absolute atomic E-state index is 11.2. The van der Waals surface area contributed by atoms with Gasteiger partial charge in [0.2, 0.25) is 0 Å². The lowest BCUT2D eigenvalue weighted by Gasteiger charge is -2.47. The van der Waals surface area contributed by atoms with Crippen LogP contribution in [0.25, 0.3) is 0 Å². The van der Waals surface area contributed by atoms with Crippen LogP contribution < -0.4 is 4.90 Å². The third-order valence-electron chi connectivity index (χ3n) is 7.22. The number of β-amino-alcohol motifs (C(OH)–C–C–N with tert-alkyl or cyclic N) is 1. The van der Waals surface area contributed by atoms with Crippen LogP contribution in [0, 0.1) is 17.8 Å². The highest BCUT2D eigenvalue weighted by molar-refractivity contribution is 5.52. The molecule has 0 radical (unpaired) electrons. The van der Waals surface area contributed by atoms with Crippen molar-refractivity contribution in [3.05, 3.63) is 59.3 Å². The molecule has 0 saturated carbocycles. The molecule has 4 aliphatic heterocycles. The molecule has 0 aliphatic carbocycles. The van der Waals surface area contributed by atoms with E-state index in [2.05, 4.69) is 44.8 Å². The normalized spacial score (nSPS) is 31.4. The van der Waals surface area contributed by atoms with Gasteiger partial charge in [-0.05, 0) is 49.5 Å². The summed E-state index contributed by atoms with van der Waals surface area (Å²) in [4.78, 5) is 9.04. The second kappa shape index (κ2) is 8.84. The van der Waals surface area contributed by atoms with Crippen LogP contribution in [0.2, 0.25) is 0 Å². The summed E-state index contributed by atoms with van der Waals surface area (Å²) < 4.78 is 5.39. The predicted molar refractivity (Wildman–Crippen MR) is 123 cm³/mol. The highest BCUT2D eigenvalue weighted by Gasteiger charge is 2.44. The van der Waals surface area contributed by atoms with Crippen molar-refractivity contribution in [1.29, 1.82) is 0 Å². The minimum Gasteiger partial charge on any atom is -0.388 e. The van der Waals surface area contributed by atoms with Crippen LogP contribution in [0.1, 0.15) is 29.5 Å². The molecule has 2 bridgehead atoms. The van der Waals surface area contributed by atoms with E-state index in [9.17, 15) is 10.2 Å². The molecule has 6 rings (SSSR count). The molecule has 4 fully saturated rings. The van der Waals surface area contributed by atoms with Crippen molar-refractivity contribution in [3.8, 4) is 11.8 Å². The van der Waals surface area contributed by atoms with Crippen molar-refractivity contribution in [3.63, 3.8) is 0 Å². The Labute approximate surface area is 189 Å². The highest BCUT2D eigenvalue weighted by Crippen LogP contribution is 2.35. The molecule has 0 amide bonds. The fourth-order valence-corrected chi connectivity index (χ4v) is 5.26. The Balaban J connectivity index is 1.46. The van der Waals surface area contributed by atoms with Gasteiger partial charge in [-0.1, -0.05) is 42.2 Å². The standard InChI is InChI=1S/C26H31N3O3/c1-32-24-17-29(16-23(24)30)25-14-21(13-19-5-3-2-4-6-19)20(15-27-25)7-10-26(31)18-28-11-8-22(26)9-12-28/h2-6,14-15,22-24,30-31H,8-9,11-13,16-18H2,1H3/t23-,24-,26-/m1/s1. The first-order chi connectivity index (χ1) is 15.5. The van der Waals surface area contributed by atoms with E-state index in [0.717, 1.165) is 49.3 Å². The molecule has 168 valence electrons. The number of aliphatic hydroxyl groups excluding tert-OH is 1. The lowest BCUT2D eigenvalue weighted by atomic mass is 9.75. The van der Waals surface area contributed by atoms with E-state index < -0.39 is 11.7 Å². The Bertz CT molecular complexity index is 1010. The number of hydrogen-bond donors (Lipinski definition) is 2. The van der Waals surface area contributed by atoms with Gasteiger partial charge in [0.25, 0.3) is 0 Å². The average molecular weight is 434 g/mol. The van der Waals surface area contributed by atoms with Crippen molar-refractivity contribution < 1.29 is 14.9 Å². The molecule has 1 aromatic heterocycles. The Kier molecular flexibility index (Phi) is 5.92. The SMILES string of the molecule is CO[C@@H]1CN(c2cc(Cc3ccccc3)c(C#C[C@@]3(O)CN4CCC3CC4)cn2)C[C@H]1O. The van der Waals surface area contributed by atoms with Crippen LogP contribution in [-0.4, -0.2) is 77.7 Å². The van der Waals surface area contributed by atoms with Gasteiger partial charge < -0.3 is 19.8 Å². The zero-order valence-electron chi connectivity index (χ0n) is 18.6. The summed E-state index contributed by atoms with van der Waals surface area (Å²) in [6.07, 6.45) is 3.84. The number of fused-ring (bicyclic) bond motifs is 3. The van der Waals surface area contributed by atoms with Gasteiger partial charge in [-0.3, -0.25) is 4.90 Å². The Morgan fingerprint density at radius 3 is 2.62 bits per heavy atom. The van der Waals surface area contributed by atoms with Gasteiger partial charge in [0.15, 0.2) is 0 Å². The molecule has 4 aliphatic rings. The molecule has 2 N–H and O–H groups in total. The van der Waals surface area contributed by atoms with Crippen LogP contribution in [0.4, 0.5) is 5.82 Å². The quantitative estimate of drug-likeness (QED) is 0.715. The number of benzene rings is 1. The maximum atomic E-state index is 11.2. The van der Waals surface area contributed by atoms with Gasteiger partial charge in [0.1, 0.15) is 17.5 Å². The molecule has 1 aromatic carbocycles. The number of anilines is 1. The number of piperidine rings is 3. The monoisotopic (exact) mass is 433 g/mol. The van der Waals surface area contributed by atoms with Crippen LogP contribution in [0.3, 0.4) is 0 Å². The molecular formula is C26H31N3O3. The first-order valence-electron chi connectivity index (χ1n) is 11.5. The number of rotatable bonds is 4. The summed E-state index contributed by atoms with van der Waals surface area (Å²) in [5, 5.41) is 21.5. The molecular weight excluding hydrogens is 402 g/mol. The Morgan fingerprint density at radius 1 is 1.19 bits per heavy atom. The summed E-state index contributed by atoms with van der Waals surface area (Å²) in [6.45, 7) is 3.87. The molecule has 0 spiro atoms. The van der Waals surface area contributed by atoms with E-state index in [-0.39, 0.29) is 12.0 Å². The number of methoxy groups -OCH3 is 1. The molecule has 5 heterocycles. The van der Waals surface area contributed by atoms with Crippen molar-refractivity contribution >= 4 is 5.82 Å². The van der Waals surface area contributed by atoms with Gasteiger partial charge in [0, 0.05) is 44.4 Å². The number of nitrogens with zero attached hydrogens (tertiary/aromatic N) is 3. The fraction of sp³-hybridized carbons (Fsp3) is 0.500. The molecule has 6 heteroatoms. The van der Waals surface area contributed by atoms with Gasteiger partial charge in [0.05, 0.1) is 6.10 Å². The van der Waals surface area contributed by atoms with Crippen molar-refractivity contribution in [2.45, 2.75) is 37.1 Å². The summed E-state index contributed by atoms with van der Waals surface area (Å²) >= 11 is 0. The molecule has 0 unspecified atom stereocenters. The largest absolute Gasteiger partial charge is 0.388 e. The maximum Gasteiger partial charge on any atom is 0.141 e. The topological polar surface area (TPSA) is 69.1 Å². The van der Waals surface area contributed by atoms with E-state index in [1.807, 2.05) is 24.4 Å². The third-order valence-corrected chi connectivity index (χ3v) is 7.22. The van der Waals surface area contributed by atoms with E-state index in [0.29, 0.717) is 19.6 Å². The number of aliphatic hydroxyl groups is 2. The van der Waals surface area contributed by atoms with Gasteiger partial charge in [-0.15, -0.1) is 0 Å². The van der Waals surface area contributed by atoms with Crippen molar-refractivity contribution in [2.75, 3.05) is 44.7 Å². The zero-order valence-corrected chi connectivity index (χ0v) is 18.6. The van der Waals surface area contributed by atoms with E-state index in [1.54, 1.807) is 7.11 Å². The molecule has 4 saturated heterocycles. The number of hydrogen-bond acceptors (Lipinski definition) is 6. The van der Waals surface area contributed by atoms with Crippen molar-refractivity contribution in [1.82, 2.24) is 9.88 Å². The van der Waals surface area contributed by atoms with E-state index in [1.165, 1.54) is 5.56 Å². The van der Waals surface area contributed by atoms with Crippen LogP contribution >= 0.6 is 0 Å². The average Bonchev–Trinajstić information content (AvgIpc) is 3.20. The van der Waals surface area contributed by atoms with Crippen LogP contribution in [-0.2, 0) is 11.2 Å². The molecule has 3 atom stereocenters. The molecule has 6 nitrogen and oxygen atoms in total. The van der Waals surface area contributed by atoms with Gasteiger partial charge in [-0.2, -0.15) is 0 Å². The first-order valence-corrected chi connectivity index (χ1v) is 11.5. The number of ether oxygens (including phenoxy) is 1. The lowest BCUT2D eigenvalue weighted by Crippen LogP contribution is -2.58. The second-order valence-corrected chi connectivity index (χ2v) is 9.33. The predicted octanol–water partition coefficient (Wildman–Crippen LogP) is 1.68. The summed E-state index contributed by atoms with van der Waals surface area (Å²) in [5.74, 6) is 7.60. The summed E-state index contributed by atoms with van der Waals surface area (Å²) in [5.41, 5.74) is 2.19. The highest BCUT2D eigenvalue weighted by atomic mass is 16.5. The summed E-state index contributed by atoms with van der Waals surface area (Å²) in [7, 11) is 1.63. The van der Waals surface area contributed by atoms with E-state index in [4.69, 9.17) is 4.74 Å². The third kappa shape index (κ3) is 4.26. The fourth-order valence-electron chi connectivity index (χ4n) is 5.26. The van der Waals surface area contributed by atoms with E-state index >= 15 is 0 Å². The summed E-state index contributed by atoms with van der Waals surface area (Å²) in [6, 6.07) is 12.4. The molecule has 32 heavy (non-hydrogen) atoms. The Morgan fingerprint density at radius 2 is 1.97 bits per heavy atom. The van der Waals surface area contributed by atoms with Crippen LogP contribution in [0.5, 0.6) is 0 Å². The zero-order chi connectivity index (χ0) is 22.1. The number of pyridine rings is 1. The van der Waals surface area contributed by atoms with Crippen molar-refractivity contribution in [2.24, 2.45) is 5.92 Å². The lowest BCUT2D eigenvalue weighted by molar-refractivity contribution is -0.0713. The van der Waals surface area contributed by atoms with Gasteiger partial charge in [-0.25, -0.2) is 4.98 Å². The second-order valence-electron chi connectivity index (χ2n) is 9.33. The minimum absolute atomic E-state index is 0.209. The van der Waals surface area contributed by atoms with Gasteiger partial charge >= 0.3 is 0 Å². The smallest absolute Gasteiger partial charge is 0.141 e. The van der Waals surface area contributed by atoms with Crippen LogP contribution in [0.15, 0.2) is 42.6 Å². The number of aromatic nitrogens is 1. The molecule has 2 aromatic rings. The Hall–Kier alpha value is -2.43.